The van der Waals surface area contributed by atoms with E-state index in [4.69, 9.17) is 0 Å². The van der Waals surface area contributed by atoms with Crippen LogP contribution in [0.1, 0.15) is 29.6 Å². The summed E-state index contributed by atoms with van der Waals surface area (Å²) in [5, 5.41) is 0. The normalized spacial score (nSPS) is 15.0. The van der Waals surface area contributed by atoms with E-state index in [1.54, 1.807) is 0 Å². The number of benzene rings is 2. The number of aldehydes is 1. The lowest BCUT2D eigenvalue weighted by Gasteiger charge is -2.28. The van der Waals surface area contributed by atoms with Crippen molar-refractivity contribution in [1.82, 2.24) is 8.75 Å². The predicted octanol–water partition coefficient (Wildman–Crippen LogP) is 4.16. The fourth-order valence-electron chi connectivity index (χ4n) is 3.22. The van der Waals surface area contributed by atoms with Crippen molar-refractivity contribution in [2.45, 2.75) is 19.3 Å². The highest BCUT2D eigenvalue weighted by Crippen LogP contribution is 2.31. The van der Waals surface area contributed by atoms with Crippen LogP contribution in [0, 0.1) is 0 Å². The molecule has 2 heterocycles. The van der Waals surface area contributed by atoms with Gasteiger partial charge in [-0.2, -0.15) is 8.75 Å². The van der Waals surface area contributed by atoms with Crippen molar-refractivity contribution in [3.8, 4) is 11.1 Å². The molecule has 1 aromatic heterocycles. The minimum absolute atomic E-state index is 0.599. The summed E-state index contributed by atoms with van der Waals surface area (Å²) < 4.78 is 8.63. The molecule has 0 N–H and O–H groups in total. The van der Waals surface area contributed by atoms with Crippen LogP contribution in [0.3, 0.4) is 0 Å². The Morgan fingerprint density at radius 2 is 1.65 bits per heavy atom. The Labute approximate surface area is 139 Å². The fourth-order valence-corrected chi connectivity index (χ4v) is 3.80. The Balaban J connectivity index is 1.71. The number of anilines is 1. The van der Waals surface area contributed by atoms with Crippen LogP contribution in [0.5, 0.6) is 0 Å². The van der Waals surface area contributed by atoms with Gasteiger partial charge >= 0.3 is 0 Å². The second-order valence-electron chi connectivity index (χ2n) is 5.88. The van der Waals surface area contributed by atoms with E-state index in [9.17, 15) is 4.79 Å². The Hall–Kier alpha value is -2.27. The van der Waals surface area contributed by atoms with E-state index in [2.05, 4.69) is 37.9 Å². The quantitative estimate of drug-likeness (QED) is 0.679. The van der Waals surface area contributed by atoms with E-state index in [0.29, 0.717) is 11.1 Å². The van der Waals surface area contributed by atoms with Gasteiger partial charge in [-0.1, -0.05) is 18.2 Å². The SMILES string of the molecule is O=Cc1ccc(-c2ccc(N3CCCCC3)cc2)c2nsnc12. The van der Waals surface area contributed by atoms with Crippen molar-refractivity contribution >= 4 is 34.7 Å². The van der Waals surface area contributed by atoms with Crippen molar-refractivity contribution in [1.29, 1.82) is 0 Å². The molecule has 1 saturated heterocycles. The molecule has 116 valence electrons. The first kappa shape index (κ1) is 14.3. The van der Waals surface area contributed by atoms with Crippen LogP contribution >= 0.6 is 11.7 Å². The third-order valence-electron chi connectivity index (χ3n) is 4.47. The minimum atomic E-state index is 0.599. The number of fused-ring (bicyclic) bond motifs is 1. The molecule has 5 heteroatoms. The van der Waals surface area contributed by atoms with Gasteiger partial charge in [-0.15, -0.1) is 0 Å². The van der Waals surface area contributed by atoms with Gasteiger partial charge in [0.15, 0.2) is 6.29 Å². The summed E-state index contributed by atoms with van der Waals surface area (Å²) in [5.41, 5.74) is 5.53. The van der Waals surface area contributed by atoms with Gasteiger partial charge in [0.2, 0.25) is 0 Å². The average Bonchev–Trinajstić information content (AvgIpc) is 3.12. The zero-order valence-electron chi connectivity index (χ0n) is 12.7. The Morgan fingerprint density at radius 1 is 0.913 bits per heavy atom. The van der Waals surface area contributed by atoms with Gasteiger partial charge in [-0.3, -0.25) is 4.79 Å². The summed E-state index contributed by atoms with van der Waals surface area (Å²) >= 11 is 1.15. The molecule has 0 bridgehead atoms. The molecular formula is C18H17N3OS. The molecule has 0 unspecified atom stereocenters. The molecule has 23 heavy (non-hydrogen) atoms. The van der Waals surface area contributed by atoms with Crippen molar-refractivity contribution in [3.05, 3.63) is 42.0 Å². The zero-order valence-corrected chi connectivity index (χ0v) is 13.6. The van der Waals surface area contributed by atoms with Crippen LogP contribution in [0.15, 0.2) is 36.4 Å². The fraction of sp³-hybridized carbons (Fsp3) is 0.278. The highest BCUT2D eigenvalue weighted by Gasteiger charge is 2.13. The molecule has 0 atom stereocenters. The maximum atomic E-state index is 11.1. The Morgan fingerprint density at radius 3 is 2.39 bits per heavy atom. The maximum Gasteiger partial charge on any atom is 0.152 e. The maximum absolute atomic E-state index is 11.1. The van der Waals surface area contributed by atoms with Gasteiger partial charge in [0, 0.05) is 29.9 Å². The van der Waals surface area contributed by atoms with Gasteiger partial charge in [0.1, 0.15) is 11.0 Å². The standard InChI is InChI=1S/C18H17N3OS/c22-12-14-6-9-16(18-17(14)19-23-20-18)13-4-7-15(8-5-13)21-10-2-1-3-11-21/h4-9,12H,1-3,10-11H2. The van der Waals surface area contributed by atoms with Gasteiger partial charge in [-0.05, 0) is 43.0 Å². The number of hydrogen-bond acceptors (Lipinski definition) is 5. The van der Waals surface area contributed by atoms with Crippen LogP contribution in [0.4, 0.5) is 5.69 Å². The van der Waals surface area contributed by atoms with Gasteiger partial charge in [0.25, 0.3) is 0 Å². The molecule has 0 radical (unpaired) electrons. The molecule has 0 saturated carbocycles. The number of carbonyl (C=O) groups excluding carboxylic acids is 1. The topological polar surface area (TPSA) is 46.1 Å². The van der Waals surface area contributed by atoms with Crippen LogP contribution in [0.25, 0.3) is 22.2 Å². The van der Waals surface area contributed by atoms with E-state index < -0.39 is 0 Å². The van der Waals surface area contributed by atoms with Crippen molar-refractivity contribution in [2.75, 3.05) is 18.0 Å². The summed E-state index contributed by atoms with van der Waals surface area (Å²) in [4.78, 5) is 13.6. The van der Waals surface area contributed by atoms with E-state index in [1.807, 2.05) is 12.1 Å². The predicted molar refractivity (Wildman–Crippen MR) is 94.3 cm³/mol. The number of aromatic nitrogens is 2. The minimum Gasteiger partial charge on any atom is -0.372 e. The van der Waals surface area contributed by atoms with E-state index in [1.165, 1.54) is 24.9 Å². The van der Waals surface area contributed by atoms with Crippen molar-refractivity contribution in [2.24, 2.45) is 0 Å². The summed E-state index contributed by atoms with van der Waals surface area (Å²) in [6.07, 6.45) is 4.74. The van der Waals surface area contributed by atoms with Gasteiger partial charge in [-0.25, -0.2) is 0 Å². The van der Waals surface area contributed by atoms with Crippen molar-refractivity contribution < 1.29 is 4.79 Å². The number of carbonyl (C=O) groups is 1. The number of nitrogens with zero attached hydrogens (tertiary/aromatic N) is 3. The largest absolute Gasteiger partial charge is 0.372 e. The molecule has 4 rings (SSSR count). The summed E-state index contributed by atoms with van der Waals surface area (Å²) in [7, 11) is 0. The molecule has 1 aliphatic heterocycles. The molecule has 0 spiro atoms. The summed E-state index contributed by atoms with van der Waals surface area (Å²) in [5.74, 6) is 0. The van der Waals surface area contributed by atoms with Crippen LogP contribution in [0.2, 0.25) is 0 Å². The highest BCUT2D eigenvalue weighted by atomic mass is 32.1. The first-order valence-electron chi connectivity index (χ1n) is 7.92. The molecule has 3 aromatic rings. The Bertz CT molecular complexity index is 835. The third-order valence-corrected chi connectivity index (χ3v) is 5.00. The number of piperidine rings is 1. The van der Waals surface area contributed by atoms with Crippen LogP contribution in [-0.4, -0.2) is 28.1 Å². The zero-order chi connectivity index (χ0) is 15.6. The lowest BCUT2D eigenvalue weighted by molar-refractivity contribution is 0.112. The van der Waals surface area contributed by atoms with Crippen LogP contribution < -0.4 is 4.90 Å². The highest BCUT2D eigenvalue weighted by molar-refractivity contribution is 7.00. The van der Waals surface area contributed by atoms with E-state index >= 15 is 0 Å². The molecule has 1 aliphatic rings. The lowest BCUT2D eigenvalue weighted by Crippen LogP contribution is -2.29. The molecule has 4 nitrogen and oxygen atoms in total. The van der Waals surface area contributed by atoms with E-state index in [0.717, 1.165) is 47.7 Å². The van der Waals surface area contributed by atoms with Gasteiger partial charge < -0.3 is 4.90 Å². The third kappa shape index (κ3) is 2.61. The lowest BCUT2D eigenvalue weighted by atomic mass is 10.0. The first-order valence-corrected chi connectivity index (χ1v) is 8.66. The molecule has 2 aromatic carbocycles. The van der Waals surface area contributed by atoms with Crippen LogP contribution in [-0.2, 0) is 0 Å². The summed E-state index contributed by atoms with van der Waals surface area (Å²) in [6.45, 7) is 2.29. The van der Waals surface area contributed by atoms with Gasteiger partial charge in [0.05, 0.1) is 11.7 Å². The molecular weight excluding hydrogens is 306 g/mol. The second-order valence-corrected chi connectivity index (χ2v) is 6.40. The molecule has 1 fully saturated rings. The second kappa shape index (κ2) is 6.08. The number of rotatable bonds is 3. The molecule has 0 aliphatic carbocycles. The van der Waals surface area contributed by atoms with E-state index in [-0.39, 0.29) is 0 Å². The smallest absolute Gasteiger partial charge is 0.152 e. The monoisotopic (exact) mass is 323 g/mol. The summed E-state index contributed by atoms with van der Waals surface area (Å²) in [6, 6.07) is 12.4. The Kier molecular flexibility index (Phi) is 3.79. The molecule has 0 amide bonds. The average molecular weight is 323 g/mol. The first-order chi connectivity index (χ1) is 11.4. The number of hydrogen-bond donors (Lipinski definition) is 0. The van der Waals surface area contributed by atoms with Crippen molar-refractivity contribution in [3.63, 3.8) is 0 Å².